The van der Waals surface area contributed by atoms with E-state index in [0.29, 0.717) is 11.3 Å². The van der Waals surface area contributed by atoms with Crippen molar-refractivity contribution in [1.82, 2.24) is 15.2 Å². The van der Waals surface area contributed by atoms with Crippen LogP contribution in [-0.2, 0) is 13.5 Å². The average molecular weight is 257 g/mol. The monoisotopic (exact) mass is 256 g/mol. The second-order valence-electron chi connectivity index (χ2n) is 3.44. The standard InChI is InChI=1S/C8H12ClF3N4/c1-4-5(7(9)16(2)15-4)3-6(14-13)8(10,11)12/h6,14H,3,13H2,1-2H3. The SMILES string of the molecule is Cc1nn(C)c(Cl)c1CC(NN)C(F)(F)F. The molecule has 92 valence electrons. The number of hydrogen-bond acceptors (Lipinski definition) is 3. The van der Waals surface area contributed by atoms with E-state index in [9.17, 15) is 13.2 Å². The van der Waals surface area contributed by atoms with Gasteiger partial charge >= 0.3 is 6.18 Å². The molecule has 0 bridgehead atoms. The van der Waals surface area contributed by atoms with Crippen LogP contribution in [-0.4, -0.2) is 22.0 Å². The second kappa shape index (κ2) is 4.60. The summed E-state index contributed by atoms with van der Waals surface area (Å²) in [7, 11) is 1.57. The Kier molecular flexibility index (Phi) is 3.82. The van der Waals surface area contributed by atoms with E-state index in [2.05, 4.69) is 5.10 Å². The largest absolute Gasteiger partial charge is 0.405 e. The minimum atomic E-state index is -4.42. The van der Waals surface area contributed by atoms with E-state index < -0.39 is 12.2 Å². The molecule has 0 fully saturated rings. The van der Waals surface area contributed by atoms with E-state index >= 15 is 0 Å². The summed E-state index contributed by atoms with van der Waals surface area (Å²) in [5.41, 5.74) is 2.55. The van der Waals surface area contributed by atoms with Gasteiger partial charge in [-0.15, -0.1) is 0 Å². The third-order valence-electron chi connectivity index (χ3n) is 2.27. The van der Waals surface area contributed by atoms with Gasteiger partial charge in [-0.1, -0.05) is 11.6 Å². The number of nitrogens with two attached hydrogens (primary N) is 1. The molecule has 0 amide bonds. The van der Waals surface area contributed by atoms with Crippen LogP contribution in [0, 0.1) is 6.92 Å². The molecule has 1 rings (SSSR count). The zero-order valence-electron chi connectivity index (χ0n) is 8.77. The van der Waals surface area contributed by atoms with Gasteiger partial charge in [0, 0.05) is 19.0 Å². The fourth-order valence-corrected chi connectivity index (χ4v) is 1.63. The summed E-state index contributed by atoms with van der Waals surface area (Å²) in [6.45, 7) is 1.60. The molecular weight excluding hydrogens is 245 g/mol. The van der Waals surface area contributed by atoms with E-state index in [0.717, 1.165) is 0 Å². The van der Waals surface area contributed by atoms with Gasteiger partial charge in [-0.3, -0.25) is 10.5 Å². The van der Waals surface area contributed by atoms with Crippen LogP contribution in [0.15, 0.2) is 0 Å². The van der Waals surface area contributed by atoms with Crippen LogP contribution in [0.1, 0.15) is 11.3 Å². The maximum atomic E-state index is 12.5. The predicted molar refractivity (Wildman–Crippen MR) is 53.8 cm³/mol. The van der Waals surface area contributed by atoms with E-state index in [-0.39, 0.29) is 11.6 Å². The number of aromatic nitrogens is 2. The summed E-state index contributed by atoms with van der Waals surface area (Å²) in [5.74, 6) is 4.87. The van der Waals surface area contributed by atoms with Crippen molar-refractivity contribution in [3.63, 3.8) is 0 Å². The molecule has 1 aromatic heterocycles. The highest BCUT2D eigenvalue weighted by atomic mass is 35.5. The van der Waals surface area contributed by atoms with Crippen molar-refractivity contribution in [2.75, 3.05) is 0 Å². The topological polar surface area (TPSA) is 55.9 Å². The molecule has 0 spiro atoms. The number of aryl methyl sites for hydroxylation is 2. The van der Waals surface area contributed by atoms with Crippen molar-refractivity contribution in [2.45, 2.75) is 25.6 Å². The quantitative estimate of drug-likeness (QED) is 0.633. The Balaban J connectivity index is 2.95. The molecule has 1 aromatic rings. The van der Waals surface area contributed by atoms with Gasteiger partial charge in [0.1, 0.15) is 11.2 Å². The maximum Gasteiger partial charge on any atom is 0.405 e. The first-order valence-electron chi connectivity index (χ1n) is 4.48. The summed E-state index contributed by atoms with van der Waals surface area (Å²) >= 11 is 5.83. The van der Waals surface area contributed by atoms with Gasteiger partial charge < -0.3 is 0 Å². The lowest BCUT2D eigenvalue weighted by Gasteiger charge is -2.18. The number of nitrogens with one attached hydrogen (secondary N) is 1. The first-order chi connectivity index (χ1) is 7.27. The molecule has 1 unspecified atom stereocenters. The molecular formula is C8H12ClF3N4. The van der Waals surface area contributed by atoms with Crippen LogP contribution >= 0.6 is 11.6 Å². The summed E-state index contributed by atoms with van der Waals surface area (Å²) < 4.78 is 38.7. The molecule has 0 aromatic carbocycles. The molecule has 0 aliphatic rings. The lowest BCUT2D eigenvalue weighted by molar-refractivity contribution is -0.155. The zero-order valence-corrected chi connectivity index (χ0v) is 9.52. The van der Waals surface area contributed by atoms with Crippen LogP contribution in [0.5, 0.6) is 0 Å². The van der Waals surface area contributed by atoms with Gasteiger partial charge in [0.15, 0.2) is 0 Å². The minimum Gasteiger partial charge on any atom is -0.271 e. The minimum absolute atomic E-state index is 0.196. The van der Waals surface area contributed by atoms with Crippen LogP contribution in [0.4, 0.5) is 13.2 Å². The predicted octanol–water partition coefficient (Wildman–Crippen LogP) is 1.32. The average Bonchev–Trinajstić information content (AvgIpc) is 2.37. The smallest absolute Gasteiger partial charge is 0.271 e. The molecule has 0 radical (unpaired) electrons. The van der Waals surface area contributed by atoms with Crippen molar-refractivity contribution in [3.8, 4) is 0 Å². The third-order valence-corrected chi connectivity index (χ3v) is 2.75. The fraction of sp³-hybridized carbons (Fsp3) is 0.625. The van der Waals surface area contributed by atoms with Gasteiger partial charge in [0.25, 0.3) is 0 Å². The summed E-state index contributed by atoms with van der Waals surface area (Å²) in [5, 5.41) is 4.13. The molecule has 1 atom stereocenters. The maximum absolute atomic E-state index is 12.5. The van der Waals surface area contributed by atoms with Gasteiger partial charge in [-0.05, 0) is 6.92 Å². The number of nitrogens with zero attached hydrogens (tertiary/aromatic N) is 2. The Morgan fingerprint density at radius 1 is 1.56 bits per heavy atom. The van der Waals surface area contributed by atoms with Crippen molar-refractivity contribution in [3.05, 3.63) is 16.4 Å². The Bertz CT molecular complexity index is 374. The van der Waals surface area contributed by atoms with Crippen molar-refractivity contribution < 1.29 is 13.2 Å². The third kappa shape index (κ3) is 2.66. The van der Waals surface area contributed by atoms with Crippen molar-refractivity contribution in [2.24, 2.45) is 12.9 Å². The number of hydrogen-bond donors (Lipinski definition) is 2. The van der Waals surface area contributed by atoms with Crippen LogP contribution < -0.4 is 11.3 Å². The molecule has 16 heavy (non-hydrogen) atoms. The lowest BCUT2D eigenvalue weighted by Crippen LogP contribution is -2.47. The highest BCUT2D eigenvalue weighted by Crippen LogP contribution is 2.26. The molecule has 3 N–H and O–H groups in total. The Morgan fingerprint density at radius 2 is 2.12 bits per heavy atom. The highest BCUT2D eigenvalue weighted by molar-refractivity contribution is 6.30. The van der Waals surface area contributed by atoms with E-state index in [4.69, 9.17) is 17.4 Å². The first-order valence-corrected chi connectivity index (χ1v) is 4.86. The molecule has 8 heteroatoms. The van der Waals surface area contributed by atoms with E-state index in [1.54, 1.807) is 19.4 Å². The van der Waals surface area contributed by atoms with Gasteiger partial charge in [-0.2, -0.15) is 18.3 Å². The highest BCUT2D eigenvalue weighted by Gasteiger charge is 2.39. The van der Waals surface area contributed by atoms with Gasteiger partial charge in [-0.25, -0.2) is 5.43 Å². The number of rotatable bonds is 3. The van der Waals surface area contributed by atoms with Crippen molar-refractivity contribution in [1.29, 1.82) is 0 Å². The van der Waals surface area contributed by atoms with Crippen molar-refractivity contribution >= 4 is 11.6 Å². The zero-order chi connectivity index (χ0) is 12.5. The van der Waals surface area contributed by atoms with Crippen LogP contribution in [0.3, 0.4) is 0 Å². The first kappa shape index (κ1) is 13.3. The normalized spacial score (nSPS) is 14.2. The lowest BCUT2D eigenvalue weighted by atomic mass is 10.1. The summed E-state index contributed by atoms with van der Waals surface area (Å²) in [6, 6.07) is -1.83. The molecule has 0 saturated heterocycles. The number of halogens is 4. The Morgan fingerprint density at radius 3 is 2.44 bits per heavy atom. The van der Waals surface area contributed by atoms with Gasteiger partial charge in [0.05, 0.1) is 5.69 Å². The van der Waals surface area contributed by atoms with Crippen LogP contribution in [0.25, 0.3) is 0 Å². The molecule has 0 saturated carbocycles. The Hall–Kier alpha value is -0.790. The van der Waals surface area contributed by atoms with E-state index in [1.807, 2.05) is 0 Å². The molecule has 0 aliphatic heterocycles. The van der Waals surface area contributed by atoms with Gasteiger partial charge in [0.2, 0.25) is 0 Å². The Labute approximate surface area is 95.5 Å². The fourth-order valence-electron chi connectivity index (χ4n) is 1.38. The molecule has 0 aliphatic carbocycles. The second-order valence-corrected chi connectivity index (χ2v) is 3.80. The molecule has 1 heterocycles. The summed E-state index contributed by atoms with van der Waals surface area (Å²) in [6.07, 6.45) is -4.75. The number of alkyl halides is 3. The van der Waals surface area contributed by atoms with Crippen LogP contribution in [0.2, 0.25) is 5.15 Å². The van der Waals surface area contributed by atoms with E-state index in [1.165, 1.54) is 4.68 Å². The summed E-state index contributed by atoms with van der Waals surface area (Å²) in [4.78, 5) is 0. The molecule has 4 nitrogen and oxygen atoms in total. The number of hydrazine groups is 1.